The Morgan fingerprint density at radius 2 is 1.70 bits per heavy atom. The van der Waals surface area contributed by atoms with Crippen LogP contribution < -0.4 is 5.32 Å². The van der Waals surface area contributed by atoms with Gasteiger partial charge in [-0.3, -0.25) is 9.69 Å². The Kier molecular flexibility index (Phi) is 5.88. The van der Waals surface area contributed by atoms with Crippen molar-refractivity contribution in [1.82, 2.24) is 9.21 Å². The van der Waals surface area contributed by atoms with Crippen molar-refractivity contribution >= 4 is 21.6 Å². The summed E-state index contributed by atoms with van der Waals surface area (Å²) in [6, 6.07) is 13.8. The highest BCUT2D eigenvalue weighted by molar-refractivity contribution is 7.89. The fourth-order valence-electron chi connectivity index (χ4n) is 3.04. The highest BCUT2D eigenvalue weighted by Crippen LogP contribution is 2.19. The molecule has 144 valence electrons. The number of rotatable bonds is 5. The summed E-state index contributed by atoms with van der Waals surface area (Å²) in [6.07, 6.45) is 0. The number of para-hydroxylation sites is 1. The van der Waals surface area contributed by atoms with Gasteiger partial charge in [0.15, 0.2) is 0 Å². The smallest absolute Gasteiger partial charge is 0.243 e. The van der Waals surface area contributed by atoms with E-state index in [9.17, 15) is 17.6 Å². The van der Waals surface area contributed by atoms with Gasteiger partial charge >= 0.3 is 0 Å². The van der Waals surface area contributed by atoms with E-state index in [1.54, 1.807) is 6.92 Å². The molecule has 8 heteroatoms. The lowest BCUT2D eigenvalue weighted by Crippen LogP contribution is -2.53. The molecule has 1 amide bonds. The Morgan fingerprint density at radius 1 is 1.04 bits per heavy atom. The third kappa shape index (κ3) is 4.52. The molecule has 0 aromatic heterocycles. The van der Waals surface area contributed by atoms with Crippen LogP contribution in [0.1, 0.15) is 6.92 Å². The first-order valence-corrected chi connectivity index (χ1v) is 10.2. The number of nitrogens with one attached hydrogen (secondary N) is 1. The molecule has 0 saturated carbocycles. The Morgan fingerprint density at radius 3 is 2.33 bits per heavy atom. The fraction of sp³-hybridized carbons (Fsp3) is 0.316. The maximum absolute atomic E-state index is 13.4. The van der Waals surface area contributed by atoms with Gasteiger partial charge in [0.05, 0.1) is 10.9 Å². The molecule has 2 aromatic rings. The normalized spacial score (nSPS) is 17.4. The van der Waals surface area contributed by atoms with Gasteiger partial charge in [-0.1, -0.05) is 24.3 Å². The van der Waals surface area contributed by atoms with E-state index in [-0.39, 0.29) is 29.9 Å². The molecule has 2 aromatic carbocycles. The molecular formula is C19H22FN3O3S. The van der Waals surface area contributed by atoms with Crippen molar-refractivity contribution in [2.24, 2.45) is 0 Å². The van der Waals surface area contributed by atoms with Crippen molar-refractivity contribution < 1.29 is 17.6 Å². The third-order valence-electron chi connectivity index (χ3n) is 4.68. The van der Waals surface area contributed by atoms with Gasteiger partial charge in [-0.15, -0.1) is 0 Å². The van der Waals surface area contributed by atoms with Crippen LogP contribution in [0.5, 0.6) is 0 Å². The molecule has 0 radical (unpaired) electrons. The topological polar surface area (TPSA) is 69.7 Å². The molecule has 1 aliphatic rings. The standard InChI is InChI=1S/C19H22FN3O3S/c1-15(19(24)21-17-7-3-2-4-8-17)22-10-12-23(13-11-22)27(25,26)18-9-5-6-16(20)14-18/h2-9,14-15H,10-13H2,1H3,(H,21,24). The average molecular weight is 391 g/mol. The molecule has 0 aliphatic carbocycles. The van der Waals surface area contributed by atoms with Crippen molar-refractivity contribution in [2.75, 3.05) is 31.5 Å². The van der Waals surface area contributed by atoms with Gasteiger partial charge in [0.1, 0.15) is 5.82 Å². The number of anilines is 1. The monoisotopic (exact) mass is 391 g/mol. The van der Waals surface area contributed by atoms with Crippen molar-refractivity contribution in [3.63, 3.8) is 0 Å². The Labute approximate surface area is 158 Å². The van der Waals surface area contributed by atoms with Gasteiger partial charge in [-0.25, -0.2) is 12.8 Å². The first-order chi connectivity index (χ1) is 12.9. The van der Waals surface area contributed by atoms with Gasteiger partial charge < -0.3 is 5.32 Å². The number of nitrogens with zero attached hydrogens (tertiary/aromatic N) is 2. The summed E-state index contributed by atoms with van der Waals surface area (Å²) in [6.45, 7) is 3.16. The summed E-state index contributed by atoms with van der Waals surface area (Å²) in [5.74, 6) is -0.719. The Hall–Kier alpha value is -2.29. The summed E-state index contributed by atoms with van der Waals surface area (Å²) >= 11 is 0. The number of carbonyl (C=O) groups excluding carboxylic acids is 1. The quantitative estimate of drug-likeness (QED) is 0.848. The van der Waals surface area contributed by atoms with E-state index in [1.165, 1.54) is 22.5 Å². The molecule has 1 saturated heterocycles. The number of carbonyl (C=O) groups is 1. The maximum atomic E-state index is 13.4. The minimum atomic E-state index is -3.74. The van der Waals surface area contributed by atoms with Crippen LogP contribution >= 0.6 is 0 Å². The predicted molar refractivity (Wildman–Crippen MR) is 101 cm³/mol. The van der Waals surface area contributed by atoms with Crippen LogP contribution in [0, 0.1) is 5.82 Å². The Bertz CT molecular complexity index is 897. The van der Waals surface area contributed by atoms with Crippen LogP contribution in [0.15, 0.2) is 59.5 Å². The second-order valence-corrected chi connectivity index (χ2v) is 8.37. The highest BCUT2D eigenvalue weighted by Gasteiger charge is 2.31. The van der Waals surface area contributed by atoms with Crippen molar-refractivity contribution in [3.8, 4) is 0 Å². The minimum absolute atomic E-state index is 0.0502. The van der Waals surface area contributed by atoms with Gasteiger partial charge in [0, 0.05) is 31.9 Å². The van der Waals surface area contributed by atoms with E-state index in [0.29, 0.717) is 13.1 Å². The van der Waals surface area contributed by atoms with E-state index in [2.05, 4.69) is 5.32 Å². The number of benzene rings is 2. The molecule has 1 atom stereocenters. The summed E-state index contributed by atoms with van der Waals surface area (Å²) in [5, 5.41) is 2.86. The van der Waals surface area contributed by atoms with E-state index in [1.807, 2.05) is 35.2 Å². The van der Waals surface area contributed by atoms with E-state index in [4.69, 9.17) is 0 Å². The van der Waals surface area contributed by atoms with Gasteiger partial charge in [-0.2, -0.15) is 4.31 Å². The minimum Gasteiger partial charge on any atom is -0.325 e. The molecule has 1 aliphatic heterocycles. The van der Waals surface area contributed by atoms with E-state index < -0.39 is 15.8 Å². The molecule has 1 N–H and O–H groups in total. The van der Waals surface area contributed by atoms with Crippen molar-refractivity contribution in [2.45, 2.75) is 17.9 Å². The number of sulfonamides is 1. The van der Waals surface area contributed by atoms with Crippen LogP contribution in [0.2, 0.25) is 0 Å². The van der Waals surface area contributed by atoms with Crippen LogP contribution in [-0.2, 0) is 14.8 Å². The lowest BCUT2D eigenvalue weighted by Gasteiger charge is -2.36. The predicted octanol–water partition coefficient (Wildman–Crippen LogP) is 2.16. The summed E-state index contributed by atoms with van der Waals surface area (Å²) in [4.78, 5) is 14.3. The SMILES string of the molecule is CC(C(=O)Nc1ccccc1)N1CCN(S(=O)(=O)c2cccc(F)c2)CC1. The summed E-state index contributed by atoms with van der Waals surface area (Å²) < 4.78 is 40.0. The Balaban J connectivity index is 1.60. The molecule has 3 rings (SSSR count). The summed E-state index contributed by atoms with van der Waals surface area (Å²) in [7, 11) is -3.74. The molecule has 1 fully saturated rings. The van der Waals surface area contributed by atoms with Gasteiger partial charge in [0.25, 0.3) is 0 Å². The zero-order valence-electron chi connectivity index (χ0n) is 15.0. The van der Waals surface area contributed by atoms with Crippen LogP contribution in [0.4, 0.5) is 10.1 Å². The molecule has 1 unspecified atom stereocenters. The number of piperazine rings is 1. The molecule has 1 heterocycles. The van der Waals surface area contributed by atoms with Crippen LogP contribution in [0.3, 0.4) is 0 Å². The maximum Gasteiger partial charge on any atom is 0.243 e. The molecular weight excluding hydrogens is 369 g/mol. The average Bonchev–Trinajstić information content (AvgIpc) is 2.68. The summed E-state index contributed by atoms with van der Waals surface area (Å²) in [5.41, 5.74) is 0.724. The third-order valence-corrected chi connectivity index (χ3v) is 6.57. The number of amides is 1. The van der Waals surface area contributed by atoms with Gasteiger partial charge in [0.2, 0.25) is 15.9 Å². The molecule has 0 spiro atoms. The van der Waals surface area contributed by atoms with Crippen molar-refractivity contribution in [1.29, 1.82) is 0 Å². The fourth-order valence-corrected chi connectivity index (χ4v) is 4.50. The van der Waals surface area contributed by atoms with E-state index in [0.717, 1.165) is 11.8 Å². The van der Waals surface area contributed by atoms with E-state index >= 15 is 0 Å². The first kappa shape index (κ1) is 19.5. The van der Waals surface area contributed by atoms with Gasteiger partial charge in [-0.05, 0) is 37.3 Å². The largest absolute Gasteiger partial charge is 0.325 e. The first-order valence-electron chi connectivity index (χ1n) is 8.73. The lowest BCUT2D eigenvalue weighted by molar-refractivity contribution is -0.121. The highest BCUT2D eigenvalue weighted by atomic mass is 32.2. The zero-order chi connectivity index (χ0) is 19.4. The zero-order valence-corrected chi connectivity index (χ0v) is 15.8. The second kappa shape index (κ2) is 8.16. The van der Waals surface area contributed by atoms with Crippen LogP contribution in [0.25, 0.3) is 0 Å². The number of hydrogen-bond donors (Lipinski definition) is 1. The van der Waals surface area contributed by atoms with Crippen molar-refractivity contribution in [3.05, 3.63) is 60.4 Å². The number of hydrogen-bond acceptors (Lipinski definition) is 4. The lowest BCUT2D eigenvalue weighted by atomic mass is 10.2. The second-order valence-electron chi connectivity index (χ2n) is 6.43. The molecule has 27 heavy (non-hydrogen) atoms. The number of halogens is 1. The molecule has 6 nitrogen and oxygen atoms in total. The molecule has 0 bridgehead atoms. The van der Waals surface area contributed by atoms with Crippen LogP contribution in [-0.4, -0.2) is 55.8 Å².